The van der Waals surface area contributed by atoms with Crippen molar-refractivity contribution in [3.05, 3.63) is 33.7 Å². The molecule has 3 heterocycles. The summed E-state index contributed by atoms with van der Waals surface area (Å²) in [6, 6.07) is 3.85. The van der Waals surface area contributed by atoms with Gasteiger partial charge in [-0.2, -0.15) is 15.0 Å². The van der Waals surface area contributed by atoms with Crippen molar-refractivity contribution in [3.63, 3.8) is 0 Å². The number of carbonyl (C=O) groups is 1. The number of rotatable bonds is 2. The van der Waals surface area contributed by atoms with E-state index in [2.05, 4.69) is 10.2 Å². The first-order chi connectivity index (χ1) is 9.24. The van der Waals surface area contributed by atoms with Crippen LogP contribution in [0.3, 0.4) is 0 Å². The molecule has 0 saturated carbocycles. The van der Waals surface area contributed by atoms with Crippen LogP contribution in [0.25, 0.3) is 0 Å². The monoisotopic (exact) mass is 296 g/mol. The van der Waals surface area contributed by atoms with Gasteiger partial charge in [0, 0.05) is 13.1 Å². The van der Waals surface area contributed by atoms with Crippen LogP contribution in [0.5, 0.6) is 0 Å². The predicted molar refractivity (Wildman–Crippen MR) is 73.5 cm³/mol. The summed E-state index contributed by atoms with van der Waals surface area (Å²) in [6.07, 6.45) is 5.15. The summed E-state index contributed by atoms with van der Waals surface area (Å²) >= 11 is 7.19. The Bertz CT molecular complexity index is 560. The molecule has 100 valence electrons. The minimum absolute atomic E-state index is 0.0729. The molecule has 1 amide bonds. The molecular formula is C12H13ClN4OS. The lowest BCUT2D eigenvalue weighted by Gasteiger charge is -2.31. The maximum absolute atomic E-state index is 12.2. The third kappa shape index (κ3) is 2.64. The predicted octanol–water partition coefficient (Wildman–Crippen LogP) is 2.47. The maximum Gasteiger partial charge on any atom is 0.263 e. The molecular weight excluding hydrogens is 284 g/mol. The van der Waals surface area contributed by atoms with Crippen LogP contribution in [-0.4, -0.2) is 38.9 Å². The van der Waals surface area contributed by atoms with Gasteiger partial charge in [-0.1, -0.05) is 11.6 Å². The van der Waals surface area contributed by atoms with Gasteiger partial charge in [-0.25, -0.2) is 0 Å². The number of thiophene rings is 1. The van der Waals surface area contributed by atoms with Gasteiger partial charge in [0.05, 0.1) is 27.6 Å². The molecule has 3 rings (SSSR count). The zero-order chi connectivity index (χ0) is 13.2. The van der Waals surface area contributed by atoms with Gasteiger partial charge in [-0.05, 0) is 25.0 Å². The van der Waals surface area contributed by atoms with Crippen molar-refractivity contribution in [1.29, 1.82) is 0 Å². The van der Waals surface area contributed by atoms with Crippen molar-refractivity contribution in [2.75, 3.05) is 13.1 Å². The van der Waals surface area contributed by atoms with E-state index in [-0.39, 0.29) is 5.91 Å². The normalized spacial score (nSPS) is 16.8. The zero-order valence-electron chi connectivity index (χ0n) is 10.2. The highest BCUT2D eigenvalue weighted by Crippen LogP contribution is 2.26. The highest BCUT2D eigenvalue weighted by Gasteiger charge is 2.25. The van der Waals surface area contributed by atoms with E-state index in [1.807, 2.05) is 4.90 Å². The van der Waals surface area contributed by atoms with Crippen molar-refractivity contribution in [2.24, 2.45) is 0 Å². The van der Waals surface area contributed by atoms with Crippen LogP contribution in [0.2, 0.25) is 4.34 Å². The summed E-state index contributed by atoms with van der Waals surface area (Å²) in [6.45, 7) is 1.47. The molecule has 1 saturated heterocycles. The van der Waals surface area contributed by atoms with E-state index in [1.54, 1.807) is 29.3 Å². The van der Waals surface area contributed by atoms with Crippen LogP contribution < -0.4 is 0 Å². The molecule has 1 aliphatic rings. The number of amides is 1. The second-order valence-corrected chi connectivity index (χ2v) is 6.19. The molecule has 0 N–H and O–H groups in total. The summed E-state index contributed by atoms with van der Waals surface area (Å²) in [5.41, 5.74) is 0. The first-order valence-corrected chi connectivity index (χ1v) is 7.34. The Labute approximate surface area is 119 Å². The highest BCUT2D eigenvalue weighted by molar-refractivity contribution is 7.17. The SMILES string of the molecule is O=C(c1ccc(Cl)s1)N1CCC(n2nccn2)CC1. The lowest BCUT2D eigenvalue weighted by atomic mass is 10.1. The standard InChI is InChI=1S/C12H13ClN4OS/c13-11-2-1-10(19-11)12(18)16-7-3-9(4-8-16)17-14-5-6-15-17/h1-2,5-6,9H,3-4,7-8H2. The minimum atomic E-state index is 0.0729. The van der Waals surface area contributed by atoms with Gasteiger partial charge in [0.1, 0.15) is 0 Å². The van der Waals surface area contributed by atoms with E-state index in [0.717, 1.165) is 25.9 Å². The summed E-state index contributed by atoms with van der Waals surface area (Å²) < 4.78 is 0.652. The topological polar surface area (TPSA) is 51.0 Å². The third-order valence-electron chi connectivity index (χ3n) is 3.30. The Morgan fingerprint density at radius 3 is 2.53 bits per heavy atom. The van der Waals surface area contributed by atoms with E-state index in [1.165, 1.54) is 11.3 Å². The van der Waals surface area contributed by atoms with Crippen LogP contribution in [-0.2, 0) is 0 Å². The Morgan fingerprint density at radius 2 is 1.95 bits per heavy atom. The van der Waals surface area contributed by atoms with Crippen LogP contribution in [0.4, 0.5) is 0 Å². The Kier molecular flexibility index (Phi) is 3.52. The largest absolute Gasteiger partial charge is 0.338 e. The average molecular weight is 297 g/mol. The molecule has 0 spiro atoms. The molecule has 0 atom stereocenters. The van der Waals surface area contributed by atoms with Crippen molar-refractivity contribution >= 4 is 28.8 Å². The fourth-order valence-electron chi connectivity index (χ4n) is 2.30. The van der Waals surface area contributed by atoms with Crippen molar-refractivity contribution < 1.29 is 4.79 Å². The minimum Gasteiger partial charge on any atom is -0.338 e. The number of likely N-dealkylation sites (tertiary alicyclic amines) is 1. The van der Waals surface area contributed by atoms with E-state index in [0.29, 0.717) is 15.3 Å². The number of aromatic nitrogens is 3. The van der Waals surface area contributed by atoms with Gasteiger partial charge in [-0.15, -0.1) is 11.3 Å². The van der Waals surface area contributed by atoms with Gasteiger partial charge >= 0.3 is 0 Å². The van der Waals surface area contributed by atoms with Crippen molar-refractivity contribution in [1.82, 2.24) is 19.9 Å². The Morgan fingerprint density at radius 1 is 1.26 bits per heavy atom. The average Bonchev–Trinajstić information content (AvgIpc) is 3.09. The van der Waals surface area contributed by atoms with E-state index < -0.39 is 0 Å². The fraction of sp³-hybridized carbons (Fsp3) is 0.417. The van der Waals surface area contributed by atoms with Crippen LogP contribution in [0, 0.1) is 0 Å². The third-order valence-corrected chi connectivity index (χ3v) is 4.52. The molecule has 1 aliphatic heterocycles. The lowest BCUT2D eigenvalue weighted by molar-refractivity contribution is 0.0688. The molecule has 0 unspecified atom stereocenters. The molecule has 0 bridgehead atoms. The van der Waals surface area contributed by atoms with Gasteiger partial charge < -0.3 is 4.90 Å². The number of hydrogen-bond donors (Lipinski definition) is 0. The van der Waals surface area contributed by atoms with E-state index in [4.69, 9.17) is 11.6 Å². The molecule has 0 radical (unpaired) electrons. The number of carbonyl (C=O) groups excluding carboxylic acids is 1. The summed E-state index contributed by atoms with van der Waals surface area (Å²) in [5.74, 6) is 0.0729. The molecule has 1 fully saturated rings. The quantitative estimate of drug-likeness (QED) is 0.855. The molecule has 0 aromatic carbocycles. The Balaban J connectivity index is 1.62. The molecule has 2 aromatic heterocycles. The fourth-order valence-corrected chi connectivity index (χ4v) is 3.31. The zero-order valence-corrected chi connectivity index (χ0v) is 11.8. The molecule has 7 heteroatoms. The number of halogens is 1. The van der Waals surface area contributed by atoms with Crippen molar-refractivity contribution in [2.45, 2.75) is 18.9 Å². The summed E-state index contributed by atoms with van der Waals surface area (Å²) in [5, 5.41) is 8.32. The highest BCUT2D eigenvalue weighted by atomic mass is 35.5. The molecule has 5 nitrogen and oxygen atoms in total. The van der Waals surface area contributed by atoms with Crippen LogP contribution >= 0.6 is 22.9 Å². The smallest absolute Gasteiger partial charge is 0.263 e. The molecule has 2 aromatic rings. The lowest BCUT2D eigenvalue weighted by Crippen LogP contribution is -2.39. The van der Waals surface area contributed by atoms with Crippen molar-refractivity contribution in [3.8, 4) is 0 Å². The van der Waals surface area contributed by atoms with Crippen LogP contribution in [0.1, 0.15) is 28.6 Å². The first-order valence-electron chi connectivity index (χ1n) is 6.14. The second kappa shape index (κ2) is 5.30. The molecule has 0 aliphatic carbocycles. The van der Waals surface area contributed by atoms with Gasteiger partial charge in [0.15, 0.2) is 0 Å². The number of hydrogen-bond acceptors (Lipinski definition) is 4. The first kappa shape index (κ1) is 12.6. The number of piperidine rings is 1. The Hall–Kier alpha value is -1.40. The van der Waals surface area contributed by atoms with E-state index in [9.17, 15) is 4.79 Å². The van der Waals surface area contributed by atoms with Crippen LogP contribution in [0.15, 0.2) is 24.5 Å². The van der Waals surface area contributed by atoms with Gasteiger partial charge in [0.2, 0.25) is 0 Å². The maximum atomic E-state index is 12.2. The van der Waals surface area contributed by atoms with Gasteiger partial charge in [-0.3, -0.25) is 4.79 Å². The number of nitrogens with zero attached hydrogens (tertiary/aromatic N) is 4. The molecule has 19 heavy (non-hydrogen) atoms. The second-order valence-electron chi connectivity index (χ2n) is 4.48. The van der Waals surface area contributed by atoms with E-state index >= 15 is 0 Å². The summed E-state index contributed by atoms with van der Waals surface area (Å²) in [7, 11) is 0. The summed E-state index contributed by atoms with van der Waals surface area (Å²) in [4.78, 5) is 16.6. The van der Waals surface area contributed by atoms with Gasteiger partial charge in [0.25, 0.3) is 5.91 Å².